The topological polar surface area (TPSA) is 41.3 Å². The largest absolute Gasteiger partial charge is 0.330 e. The van der Waals surface area contributed by atoms with Crippen LogP contribution in [0.15, 0.2) is 0 Å². The number of nitrogens with zero attached hydrogens (tertiary/aromatic N) is 1. The molecule has 14 heavy (non-hydrogen) atoms. The van der Waals surface area contributed by atoms with E-state index in [1.54, 1.807) is 0 Å². The van der Waals surface area contributed by atoms with Crippen molar-refractivity contribution in [2.24, 2.45) is 5.73 Å². The molecule has 0 aromatic rings. The lowest BCUT2D eigenvalue weighted by molar-refractivity contribution is 0.239. The van der Waals surface area contributed by atoms with Crippen LogP contribution in [0.5, 0.6) is 0 Å². The number of nitrogens with two attached hydrogens (primary N) is 1. The zero-order valence-corrected chi connectivity index (χ0v) is 11.6. The van der Waals surface area contributed by atoms with Crippen LogP contribution in [0.3, 0.4) is 0 Å². The third-order valence-corrected chi connectivity index (χ3v) is 1.77. The van der Waals surface area contributed by atoms with Crippen molar-refractivity contribution in [3.05, 3.63) is 0 Å². The molecular weight excluding hydrogens is 244 g/mol. The molecule has 0 aromatic carbocycles. The van der Waals surface area contributed by atoms with Gasteiger partial charge in [-0.1, -0.05) is 6.92 Å². The smallest absolute Gasteiger partial charge is 0.0589 e. The summed E-state index contributed by atoms with van der Waals surface area (Å²) in [4.78, 5) is 2.19. The van der Waals surface area contributed by atoms with E-state index in [4.69, 9.17) is 5.73 Å². The minimum atomic E-state index is 0. The molecule has 0 heterocycles. The Labute approximate surface area is 106 Å². The Morgan fingerprint density at radius 2 is 1.71 bits per heavy atom. The van der Waals surface area contributed by atoms with Crippen LogP contribution in [-0.2, 0) is 0 Å². The van der Waals surface area contributed by atoms with Crippen LogP contribution in [0.1, 0.15) is 19.8 Å². The van der Waals surface area contributed by atoms with E-state index in [1.165, 1.54) is 0 Å². The Morgan fingerprint density at radius 3 is 2.00 bits per heavy atom. The van der Waals surface area contributed by atoms with Gasteiger partial charge < -0.3 is 11.1 Å². The predicted octanol–water partition coefficient (Wildman–Crippen LogP) is 1.49. The van der Waals surface area contributed by atoms with Gasteiger partial charge in [0.2, 0.25) is 0 Å². The highest BCUT2D eigenvalue weighted by atomic mass is 35.5. The van der Waals surface area contributed by atoms with Crippen molar-refractivity contribution in [3.8, 4) is 0 Å². The van der Waals surface area contributed by atoms with Crippen LogP contribution in [0.25, 0.3) is 0 Å². The maximum Gasteiger partial charge on any atom is 0.0589 e. The van der Waals surface area contributed by atoms with Crippen LogP contribution in [0.4, 0.5) is 0 Å². The van der Waals surface area contributed by atoms with Crippen molar-refractivity contribution in [1.82, 2.24) is 10.2 Å². The van der Waals surface area contributed by atoms with Gasteiger partial charge in [0.05, 0.1) is 6.17 Å². The highest BCUT2D eigenvalue weighted by molar-refractivity contribution is 5.86. The van der Waals surface area contributed by atoms with E-state index in [-0.39, 0.29) is 37.2 Å². The molecule has 3 N–H and O–H groups in total. The summed E-state index contributed by atoms with van der Waals surface area (Å²) in [5.41, 5.74) is 5.38. The molecule has 0 radical (unpaired) electrons. The highest BCUT2D eigenvalue weighted by Crippen LogP contribution is 1.93. The van der Waals surface area contributed by atoms with Crippen LogP contribution >= 0.6 is 37.2 Å². The normalized spacial score (nSPS) is 10.9. The number of hydrogen-bond donors (Lipinski definition) is 2. The van der Waals surface area contributed by atoms with Crippen molar-refractivity contribution in [3.63, 3.8) is 0 Å². The monoisotopic (exact) mass is 267 g/mol. The Bertz CT molecular complexity index is 93.9. The quantitative estimate of drug-likeness (QED) is 0.566. The molecule has 0 spiro atoms. The second-order valence-corrected chi connectivity index (χ2v) is 2.98. The van der Waals surface area contributed by atoms with Crippen molar-refractivity contribution in [2.45, 2.75) is 25.9 Å². The molecule has 0 aliphatic heterocycles. The Balaban J connectivity index is -0.000000167. The fourth-order valence-corrected chi connectivity index (χ4v) is 1.06. The lowest BCUT2D eigenvalue weighted by Crippen LogP contribution is -2.41. The van der Waals surface area contributed by atoms with Gasteiger partial charge in [0, 0.05) is 0 Å². The van der Waals surface area contributed by atoms with E-state index in [9.17, 15) is 0 Å². The van der Waals surface area contributed by atoms with E-state index in [2.05, 4.69) is 31.2 Å². The molecule has 0 fully saturated rings. The SMILES string of the molecule is CCC(NCCCN)N(C)C.Cl.Cl.Cl. The number of rotatable bonds is 6. The molecule has 0 bridgehead atoms. The van der Waals surface area contributed by atoms with E-state index in [0.717, 1.165) is 25.9 Å². The summed E-state index contributed by atoms with van der Waals surface area (Å²) in [6, 6.07) is 0. The summed E-state index contributed by atoms with van der Waals surface area (Å²) in [6.45, 7) is 3.98. The zero-order valence-electron chi connectivity index (χ0n) is 9.16. The molecule has 1 atom stereocenters. The maximum atomic E-state index is 5.38. The van der Waals surface area contributed by atoms with Crippen molar-refractivity contribution >= 4 is 37.2 Å². The van der Waals surface area contributed by atoms with Gasteiger partial charge in [-0.25, -0.2) is 0 Å². The van der Waals surface area contributed by atoms with Crippen molar-refractivity contribution in [1.29, 1.82) is 0 Å². The minimum absolute atomic E-state index is 0. The van der Waals surface area contributed by atoms with Gasteiger partial charge in [-0.3, -0.25) is 4.90 Å². The molecular formula is C8H24Cl3N3. The fourth-order valence-electron chi connectivity index (χ4n) is 1.06. The first-order valence-electron chi connectivity index (χ1n) is 4.32. The zero-order chi connectivity index (χ0) is 8.69. The van der Waals surface area contributed by atoms with E-state index >= 15 is 0 Å². The molecule has 0 saturated carbocycles. The Kier molecular flexibility index (Phi) is 27.9. The lowest BCUT2D eigenvalue weighted by atomic mass is 10.3. The van der Waals surface area contributed by atoms with Crippen LogP contribution < -0.4 is 11.1 Å². The molecule has 3 nitrogen and oxygen atoms in total. The van der Waals surface area contributed by atoms with Crippen LogP contribution in [0, 0.1) is 0 Å². The van der Waals surface area contributed by atoms with Gasteiger partial charge in [-0.05, 0) is 40.0 Å². The highest BCUT2D eigenvalue weighted by Gasteiger charge is 2.05. The Hall–Kier alpha value is 0.750. The fraction of sp³-hybridized carbons (Fsp3) is 1.00. The third-order valence-electron chi connectivity index (χ3n) is 1.77. The first-order chi connectivity index (χ1) is 5.22. The summed E-state index contributed by atoms with van der Waals surface area (Å²) in [5, 5.41) is 3.42. The van der Waals surface area contributed by atoms with E-state index in [0.29, 0.717) is 6.17 Å². The van der Waals surface area contributed by atoms with Gasteiger partial charge in [-0.2, -0.15) is 0 Å². The number of hydrogen-bond acceptors (Lipinski definition) is 3. The maximum absolute atomic E-state index is 5.38. The average Bonchev–Trinajstić information content (AvgIpc) is 1.97. The van der Waals surface area contributed by atoms with Gasteiger partial charge >= 0.3 is 0 Å². The molecule has 0 aromatic heterocycles. The third kappa shape index (κ3) is 12.8. The summed E-state index contributed by atoms with van der Waals surface area (Å²) >= 11 is 0. The first-order valence-corrected chi connectivity index (χ1v) is 4.32. The molecule has 0 rings (SSSR count). The first kappa shape index (κ1) is 24.1. The van der Waals surface area contributed by atoms with Crippen molar-refractivity contribution < 1.29 is 0 Å². The molecule has 0 amide bonds. The minimum Gasteiger partial charge on any atom is -0.330 e. The number of nitrogens with one attached hydrogen (secondary N) is 1. The second-order valence-electron chi connectivity index (χ2n) is 2.98. The summed E-state index contributed by atoms with van der Waals surface area (Å²) < 4.78 is 0. The van der Waals surface area contributed by atoms with Gasteiger partial charge in [0.25, 0.3) is 0 Å². The summed E-state index contributed by atoms with van der Waals surface area (Å²) in [7, 11) is 4.17. The average molecular weight is 269 g/mol. The molecule has 0 aliphatic rings. The standard InChI is InChI=1S/C8H21N3.3ClH/c1-4-8(11(2)3)10-7-5-6-9;;;/h8,10H,4-7,9H2,1-3H3;3*1H. The van der Waals surface area contributed by atoms with Crippen LogP contribution in [0.2, 0.25) is 0 Å². The summed E-state index contributed by atoms with van der Waals surface area (Å²) in [6.07, 6.45) is 2.70. The van der Waals surface area contributed by atoms with Crippen molar-refractivity contribution in [2.75, 3.05) is 27.2 Å². The summed E-state index contributed by atoms with van der Waals surface area (Å²) in [5.74, 6) is 0. The predicted molar refractivity (Wildman–Crippen MR) is 71.2 cm³/mol. The molecule has 0 saturated heterocycles. The lowest BCUT2D eigenvalue weighted by Gasteiger charge is -2.23. The van der Waals surface area contributed by atoms with Crippen LogP contribution in [-0.4, -0.2) is 38.3 Å². The molecule has 92 valence electrons. The number of halogens is 3. The molecule has 1 unspecified atom stereocenters. The van der Waals surface area contributed by atoms with E-state index in [1.807, 2.05) is 0 Å². The molecule has 0 aliphatic carbocycles. The Morgan fingerprint density at radius 1 is 1.21 bits per heavy atom. The van der Waals surface area contributed by atoms with Gasteiger partial charge in [-0.15, -0.1) is 37.2 Å². The molecule has 6 heteroatoms. The van der Waals surface area contributed by atoms with E-state index < -0.39 is 0 Å². The van der Waals surface area contributed by atoms with Gasteiger partial charge in [0.1, 0.15) is 0 Å². The van der Waals surface area contributed by atoms with Gasteiger partial charge in [0.15, 0.2) is 0 Å². The second kappa shape index (κ2) is 16.2.